The summed E-state index contributed by atoms with van der Waals surface area (Å²) in [6, 6.07) is 7.80. The molecule has 0 saturated heterocycles. The van der Waals surface area contributed by atoms with Gasteiger partial charge in [0.2, 0.25) is 11.8 Å². The summed E-state index contributed by atoms with van der Waals surface area (Å²) in [5, 5.41) is 3.09. The zero-order chi connectivity index (χ0) is 12.8. The van der Waals surface area contributed by atoms with Gasteiger partial charge in [-0.1, -0.05) is 12.1 Å². The lowest BCUT2D eigenvalue weighted by Gasteiger charge is -2.07. The van der Waals surface area contributed by atoms with E-state index in [1.165, 1.54) is 6.20 Å². The van der Waals surface area contributed by atoms with Gasteiger partial charge in [0.05, 0.1) is 19.5 Å². The van der Waals surface area contributed by atoms with Crippen molar-refractivity contribution in [1.82, 2.24) is 15.3 Å². The van der Waals surface area contributed by atoms with Crippen LogP contribution in [0.3, 0.4) is 0 Å². The fourth-order valence-electron chi connectivity index (χ4n) is 1.52. The largest absolute Gasteiger partial charge is 0.480 e. The average Bonchev–Trinajstić information content (AvgIpc) is 2.40. The van der Waals surface area contributed by atoms with Gasteiger partial charge in [-0.25, -0.2) is 0 Å². The van der Waals surface area contributed by atoms with Crippen LogP contribution in [0.15, 0.2) is 36.7 Å². The highest BCUT2D eigenvalue weighted by molar-refractivity contribution is 5.31. The first kappa shape index (κ1) is 12.3. The number of hydrogen-bond donors (Lipinski definition) is 1. The van der Waals surface area contributed by atoms with Gasteiger partial charge in [-0.15, -0.1) is 0 Å². The van der Waals surface area contributed by atoms with Crippen molar-refractivity contribution >= 4 is 0 Å². The molecule has 0 fully saturated rings. The molecule has 0 aliphatic carbocycles. The number of rotatable bonds is 5. The molecule has 1 heterocycles. The minimum Gasteiger partial charge on any atom is -0.480 e. The van der Waals surface area contributed by atoms with Crippen LogP contribution in [0.25, 0.3) is 0 Å². The first-order valence-corrected chi connectivity index (χ1v) is 5.59. The maximum absolute atomic E-state index is 5.63. The molecule has 0 spiro atoms. The number of nitrogens with one attached hydrogen (secondary N) is 1. The molecule has 18 heavy (non-hydrogen) atoms. The Labute approximate surface area is 106 Å². The Morgan fingerprint density at radius 1 is 1.22 bits per heavy atom. The highest BCUT2D eigenvalue weighted by Gasteiger charge is 2.02. The summed E-state index contributed by atoms with van der Waals surface area (Å²) in [4.78, 5) is 8.13. The van der Waals surface area contributed by atoms with Crippen molar-refractivity contribution in [1.29, 1.82) is 0 Å². The molecular weight excluding hydrogens is 230 g/mol. The summed E-state index contributed by atoms with van der Waals surface area (Å²) in [6.45, 7) is 0.793. The Balaban J connectivity index is 2.14. The summed E-state index contributed by atoms with van der Waals surface area (Å²) >= 11 is 0. The van der Waals surface area contributed by atoms with E-state index < -0.39 is 0 Å². The Bertz CT molecular complexity index is 517. The number of methoxy groups -OCH3 is 1. The van der Waals surface area contributed by atoms with Crippen molar-refractivity contribution < 1.29 is 9.47 Å². The third kappa shape index (κ3) is 3.18. The van der Waals surface area contributed by atoms with Crippen LogP contribution in [-0.2, 0) is 6.54 Å². The highest BCUT2D eigenvalue weighted by Crippen LogP contribution is 2.21. The minimum absolute atomic E-state index is 0.413. The van der Waals surface area contributed by atoms with Crippen LogP contribution in [0.2, 0.25) is 0 Å². The lowest BCUT2D eigenvalue weighted by molar-refractivity contribution is 0.380. The van der Waals surface area contributed by atoms with Gasteiger partial charge in [0.1, 0.15) is 5.75 Å². The predicted octanol–water partition coefficient (Wildman–Crippen LogP) is 2.00. The summed E-state index contributed by atoms with van der Waals surface area (Å²) in [5.41, 5.74) is 1.14. The molecule has 0 bridgehead atoms. The van der Waals surface area contributed by atoms with E-state index in [1.54, 1.807) is 13.3 Å². The number of aromatic nitrogens is 2. The molecule has 0 atom stereocenters. The van der Waals surface area contributed by atoms with Gasteiger partial charge in [-0.3, -0.25) is 4.98 Å². The van der Waals surface area contributed by atoms with Crippen LogP contribution >= 0.6 is 0 Å². The molecule has 0 radical (unpaired) electrons. The zero-order valence-corrected chi connectivity index (χ0v) is 10.4. The summed E-state index contributed by atoms with van der Waals surface area (Å²) in [6.07, 6.45) is 3.08. The van der Waals surface area contributed by atoms with Gasteiger partial charge in [-0.2, -0.15) is 4.98 Å². The van der Waals surface area contributed by atoms with Crippen molar-refractivity contribution in [3.8, 4) is 17.5 Å². The second-order valence-corrected chi connectivity index (χ2v) is 3.68. The molecule has 2 aromatic rings. The molecule has 0 unspecified atom stereocenters. The molecule has 94 valence electrons. The van der Waals surface area contributed by atoms with Crippen LogP contribution in [0.1, 0.15) is 5.56 Å². The SMILES string of the molecule is CNCc1cccc(Oc2cncc(OC)n2)c1. The van der Waals surface area contributed by atoms with E-state index in [-0.39, 0.29) is 0 Å². The zero-order valence-electron chi connectivity index (χ0n) is 10.4. The molecule has 0 amide bonds. The van der Waals surface area contributed by atoms with Gasteiger partial charge < -0.3 is 14.8 Å². The van der Waals surface area contributed by atoms with Crippen molar-refractivity contribution in [2.75, 3.05) is 14.2 Å². The molecule has 0 saturated carbocycles. The fraction of sp³-hybridized carbons (Fsp3) is 0.231. The molecule has 1 N–H and O–H groups in total. The Morgan fingerprint density at radius 2 is 2.06 bits per heavy atom. The van der Waals surface area contributed by atoms with E-state index in [1.807, 2.05) is 31.3 Å². The monoisotopic (exact) mass is 245 g/mol. The van der Waals surface area contributed by atoms with E-state index in [4.69, 9.17) is 9.47 Å². The average molecular weight is 245 g/mol. The van der Waals surface area contributed by atoms with Gasteiger partial charge in [-0.05, 0) is 24.7 Å². The Kier molecular flexibility index (Phi) is 4.09. The number of hydrogen-bond acceptors (Lipinski definition) is 5. The summed E-state index contributed by atoms with van der Waals surface area (Å²) in [5.74, 6) is 1.57. The Morgan fingerprint density at radius 3 is 2.83 bits per heavy atom. The second-order valence-electron chi connectivity index (χ2n) is 3.68. The molecule has 5 heteroatoms. The van der Waals surface area contributed by atoms with Gasteiger partial charge >= 0.3 is 0 Å². The van der Waals surface area contributed by atoms with Gasteiger partial charge in [0.15, 0.2) is 0 Å². The van der Waals surface area contributed by atoms with Crippen LogP contribution in [0.4, 0.5) is 0 Å². The first-order chi connectivity index (χ1) is 8.81. The number of nitrogens with zero attached hydrogens (tertiary/aromatic N) is 2. The van der Waals surface area contributed by atoms with E-state index in [0.717, 1.165) is 17.9 Å². The third-order valence-corrected chi connectivity index (χ3v) is 2.30. The van der Waals surface area contributed by atoms with Crippen molar-refractivity contribution in [2.45, 2.75) is 6.54 Å². The standard InChI is InChI=1S/C13H15N3O2/c1-14-7-10-4-3-5-11(6-10)18-13-9-15-8-12(16-13)17-2/h3-6,8-9,14H,7H2,1-2H3. The highest BCUT2D eigenvalue weighted by atomic mass is 16.5. The molecule has 2 rings (SSSR count). The van der Waals surface area contributed by atoms with Crippen molar-refractivity contribution in [3.63, 3.8) is 0 Å². The van der Waals surface area contributed by atoms with Crippen molar-refractivity contribution in [2.24, 2.45) is 0 Å². The van der Waals surface area contributed by atoms with E-state index in [2.05, 4.69) is 15.3 Å². The molecule has 5 nitrogen and oxygen atoms in total. The predicted molar refractivity (Wildman–Crippen MR) is 67.9 cm³/mol. The van der Waals surface area contributed by atoms with Gasteiger partial charge in [0.25, 0.3) is 0 Å². The summed E-state index contributed by atoms with van der Waals surface area (Å²) in [7, 11) is 3.45. The second kappa shape index (κ2) is 5.97. The molecule has 1 aromatic heterocycles. The first-order valence-electron chi connectivity index (χ1n) is 5.59. The fourth-order valence-corrected chi connectivity index (χ4v) is 1.52. The smallest absolute Gasteiger partial charge is 0.241 e. The van der Waals surface area contributed by atoms with E-state index in [0.29, 0.717) is 11.8 Å². The topological polar surface area (TPSA) is 56.3 Å². The van der Waals surface area contributed by atoms with Crippen LogP contribution < -0.4 is 14.8 Å². The lowest BCUT2D eigenvalue weighted by Crippen LogP contribution is -2.04. The number of benzene rings is 1. The molecule has 0 aliphatic heterocycles. The van der Waals surface area contributed by atoms with E-state index in [9.17, 15) is 0 Å². The normalized spacial score (nSPS) is 10.1. The quantitative estimate of drug-likeness (QED) is 0.873. The maximum Gasteiger partial charge on any atom is 0.241 e. The molecular formula is C13H15N3O2. The van der Waals surface area contributed by atoms with Gasteiger partial charge in [0, 0.05) is 6.54 Å². The molecule has 1 aromatic carbocycles. The van der Waals surface area contributed by atoms with Crippen molar-refractivity contribution in [3.05, 3.63) is 42.2 Å². The lowest BCUT2D eigenvalue weighted by atomic mass is 10.2. The maximum atomic E-state index is 5.63. The van der Waals surface area contributed by atoms with Crippen LogP contribution in [-0.4, -0.2) is 24.1 Å². The van der Waals surface area contributed by atoms with E-state index >= 15 is 0 Å². The Hall–Kier alpha value is -2.14. The van der Waals surface area contributed by atoms with Crippen LogP contribution in [0.5, 0.6) is 17.5 Å². The molecule has 0 aliphatic rings. The number of ether oxygens (including phenoxy) is 2. The third-order valence-electron chi connectivity index (χ3n) is 2.30. The van der Waals surface area contributed by atoms with Crippen LogP contribution in [0, 0.1) is 0 Å². The summed E-state index contributed by atoms with van der Waals surface area (Å²) < 4.78 is 10.6. The minimum atomic E-state index is 0.413.